The summed E-state index contributed by atoms with van der Waals surface area (Å²) in [6, 6.07) is 5.45. The van der Waals surface area contributed by atoms with Crippen molar-refractivity contribution in [3.05, 3.63) is 29.8 Å². The number of carboxylic acid groups (broad SMARTS) is 1. The van der Waals surface area contributed by atoms with Crippen molar-refractivity contribution in [1.82, 2.24) is 5.32 Å². The van der Waals surface area contributed by atoms with Crippen LogP contribution in [0.5, 0.6) is 0 Å². The number of nitrogens with one attached hydrogen (secondary N) is 1. The van der Waals surface area contributed by atoms with Gasteiger partial charge < -0.3 is 15.5 Å². The van der Waals surface area contributed by atoms with Gasteiger partial charge in [-0.05, 0) is 24.1 Å². The summed E-state index contributed by atoms with van der Waals surface area (Å²) in [7, 11) is -3.26. The molecule has 3 N–H and O–H groups in total. The zero-order valence-electron chi connectivity index (χ0n) is 10.5. The number of amides is 1. The average molecular weight is 287 g/mol. The van der Waals surface area contributed by atoms with Gasteiger partial charge in [0.15, 0.2) is 9.84 Å². The predicted molar refractivity (Wildman–Crippen MR) is 69.8 cm³/mol. The van der Waals surface area contributed by atoms with Gasteiger partial charge in [-0.1, -0.05) is 19.1 Å². The Morgan fingerprint density at radius 1 is 1.32 bits per heavy atom. The van der Waals surface area contributed by atoms with Crippen LogP contribution in [0, 0.1) is 0 Å². The van der Waals surface area contributed by atoms with Crippen LogP contribution in [0.25, 0.3) is 0 Å². The molecule has 0 aromatic heterocycles. The number of aliphatic hydroxyl groups is 1. The second kappa shape index (κ2) is 6.53. The van der Waals surface area contributed by atoms with E-state index >= 15 is 0 Å². The molecule has 1 aromatic carbocycles. The predicted octanol–water partition coefficient (Wildman–Crippen LogP) is 1.17. The van der Waals surface area contributed by atoms with Crippen molar-refractivity contribution in [2.24, 2.45) is 0 Å². The van der Waals surface area contributed by atoms with E-state index in [1.165, 1.54) is 12.1 Å². The first-order valence-corrected chi connectivity index (χ1v) is 7.49. The first-order valence-electron chi connectivity index (χ1n) is 5.83. The van der Waals surface area contributed by atoms with Crippen LogP contribution in [0.4, 0.5) is 4.79 Å². The van der Waals surface area contributed by atoms with Gasteiger partial charge in [0.25, 0.3) is 0 Å². The van der Waals surface area contributed by atoms with Gasteiger partial charge in [-0.15, -0.1) is 0 Å². The number of carbonyl (C=O) groups is 1. The van der Waals surface area contributed by atoms with Crippen LogP contribution in [0.1, 0.15) is 24.9 Å². The molecule has 0 bridgehead atoms. The van der Waals surface area contributed by atoms with Gasteiger partial charge >= 0.3 is 6.09 Å². The number of benzene rings is 1. The first-order chi connectivity index (χ1) is 8.90. The van der Waals surface area contributed by atoms with Gasteiger partial charge in [-0.25, -0.2) is 13.2 Å². The summed E-state index contributed by atoms with van der Waals surface area (Å²) in [4.78, 5) is 10.8. The lowest BCUT2D eigenvalue weighted by Crippen LogP contribution is -2.27. The topological polar surface area (TPSA) is 104 Å². The normalized spacial score (nSPS) is 12.9. The van der Waals surface area contributed by atoms with E-state index in [-0.39, 0.29) is 23.7 Å². The van der Waals surface area contributed by atoms with Crippen molar-refractivity contribution < 1.29 is 23.4 Å². The molecule has 1 rings (SSSR count). The zero-order valence-corrected chi connectivity index (χ0v) is 11.4. The minimum absolute atomic E-state index is 0.0137. The molecule has 1 amide bonds. The molecular formula is C12H17NO5S. The van der Waals surface area contributed by atoms with Gasteiger partial charge in [0.05, 0.1) is 16.7 Å². The smallest absolute Gasteiger partial charge is 0.405 e. The summed E-state index contributed by atoms with van der Waals surface area (Å²) in [6.45, 7) is 1.39. The van der Waals surface area contributed by atoms with Gasteiger partial charge in [-0.3, -0.25) is 0 Å². The summed E-state index contributed by atoms with van der Waals surface area (Å²) in [6.07, 6.45) is -0.963. The van der Waals surface area contributed by atoms with E-state index in [1.54, 1.807) is 19.1 Å². The maximum atomic E-state index is 11.6. The highest BCUT2D eigenvalue weighted by Gasteiger charge is 2.16. The molecular weight excluding hydrogens is 270 g/mol. The minimum atomic E-state index is -3.26. The van der Waals surface area contributed by atoms with Crippen LogP contribution in [-0.4, -0.2) is 37.1 Å². The summed E-state index contributed by atoms with van der Waals surface area (Å²) in [5.41, 5.74) is 0.617. The van der Waals surface area contributed by atoms with Crippen molar-refractivity contribution >= 4 is 15.9 Å². The zero-order chi connectivity index (χ0) is 14.5. The first kappa shape index (κ1) is 15.5. The van der Waals surface area contributed by atoms with Gasteiger partial charge in [0.1, 0.15) is 0 Å². The van der Waals surface area contributed by atoms with E-state index in [1.807, 2.05) is 0 Å². The Morgan fingerprint density at radius 2 is 1.89 bits per heavy atom. The summed E-state index contributed by atoms with van der Waals surface area (Å²) in [5, 5.41) is 19.9. The summed E-state index contributed by atoms with van der Waals surface area (Å²) < 4.78 is 23.3. The number of hydrogen-bond donors (Lipinski definition) is 3. The maximum absolute atomic E-state index is 11.6. The Balaban J connectivity index is 2.98. The Morgan fingerprint density at radius 3 is 2.32 bits per heavy atom. The van der Waals surface area contributed by atoms with E-state index in [9.17, 15) is 13.2 Å². The fraction of sp³-hybridized carbons (Fsp3) is 0.417. The molecule has 0 aliphatic carbocycles. The van der Waals surface area contributed by atoms with E-state index in [0.29, 0.717) is 5.56 Å². The summed E-state index contributed by atoms with van der Waals surface area (Å²) in [5.74, 6) is 0.0137. The number of hydrogen-bond acceptors (Lipinski definition) is 4. The number of rotatable bonds is 6. The van der Waals surface area contributed by atoms with Crippen LogP contribution in [-0.2, 0) is 9.84 Å². The Bertz CT molecular complexity index is 524. The molecule has 1 atom stereocenters. The monoisotopic (exact) mass is 287 g/mol. The Hall–Kier alpha value is -1.60. The fourth-order valence-electron chi connectivity index (χ4n) is 1.67. The average Bonchev–Trinajstić information content (AvgIpc) is 2.38. The third kappa shape index (κ3) is 4.22. The molecule has 19 heavy (non-hydrogen) atoms. The van der Waals surface area contributed by atoms with Crippen LogP contribution >= 0.6 is 0 Å². The largest absolute Gasteiger partial charge is 0.465 e. The van der Waals surface area contributed by atoms with Gasteiger partial charge in [0, 0.05) is 6.61 Å². The molecule has 0 spiro atoms. The van der Waals surface area contributed by atoms with E-state index in [2.05, 4.69) is 5.32 Å². The highest BCUT2D eigenvalue weighted by molar-refractivity contribution is 7.91. The second-order valence-electron chi connectivity index (χ2n) is 3.99. The lowest BCUT2D eigenvalue weighted by Gasteiger charge is -2.16. The molecule has 0 aliphatic rings. The fourth-order valence-corrected chi connectivity index (χ4v) is 2.56. The Kier molecular flexibility index (Phi) is 5.31. The van der Waals surface area contributed by atoms with Crippen molar-refractivity contribution in [1.29, 1.82) is 0 Å². The lowest BCUT2D eigenvalue weighted by molar-refractivity contribution is 0.185. The molecule has 6 nitrogen and oxygen atoms in total. The molecule has 0 radical (unpaired) electrons. The van der Waals surface area contributed by atoms with Crippen LogP contribution in [0.15, 0.2) is 29.2 Å². The van der Waals surface area contributed by atoms with Crippen molar-refractivity contribution in [2.75, 3.05) is 12.4 Å². The second-order valence-corrected chi connectivity index (χ2v) is 6.27. The number of aliphatic hydroxyl groups excluding tert-OH is 1. The highest BCUT2D eigenvalue weighted by atomic mass is 32.2. The maximum Gasteiger partial charge on any atom is 0.405 e. The molecule has 0 heterocycles. The standard InChI is InChI=1S/C12H17NO5S/c1-2-19(17,18)10-5-3-9(4-6-10)11(7-8-14)13-12(15)16/h3-6,11,13-14H,2,7-8H2,1H3,(H,15,16). The van der Waals surface area contributed by atoms with Crippen LogP contribution in [0.3, 0.4) is 0 Å². The van der Waals surface area contributed by atoms with Crippen LogP contribution in [0.2, 0.25) is 0 Å². The lowest BCUT2D eigenvalue weighted by atomic mass is 10.0. The van der Waals surface area contributed by atoms with E-state index in [4.69, 9.17) is 10.2 Å². The Labute approximate surface area is 112 Å². The number of sulfone groups is 1. The quantitative estimate of drug-likeness (QED) is 0.728. The van der Waals surface area contributed by atoms with Gasteiger partial charge in [-0.2, -0.15) is 0 Å². The van der Waals surface area contributed by atoms with Crippen molar-refractivity contribution in [3.63, 3.8) is 0 Å². The molecule has 0 saturated carbocycles. The third-order valence-electron chi connectivity index (χ3n) is 2.74. The molecule has 1 aromatic rings. The van der Waals surface area contributed by atoms with Crippen molar-refractivity contribution in [2.45, 2.75) is 24.3 Å². The highest BCUT2D eigenvalue weighted by Crippen LogP contribution is 2.19. The van der Waals surface area contributed by atoms with E-state index in [0.717, 1.165) is 0 Å². The van der Waals surface area contributed by atoms with Crippen molar-refractivity contribution in [3.8, 4) is 0 Å². The molecule has 0 saturated heterocycles. The van der Waals surface area contributed by atoms with E-state index < -0.39 is 22.0 Å². The molecule has 0 fully saturated rings. The third-order valence-corrected chi connectivity index (χ3v) is 4.49. The molecule has 1 unspecified atom stereocenters. The minimum Gasteiger partial charge on any atom is -0.465 e. The molecule has 0 aliphatic heterocycles. The summed E-state index contributed by atoms with van der Waals surface area (Å²) >= 11 is 0. The molecule has 7 heteroatoms. The molecule has 106 valence electrons. The SMILES string of the molecule is CCS(=O)(=O)c1ccc(C(CCO)NC(=O)O)cc1. The van der Waals surface area contributed by atoms with Gasteiger partial charge in [0.2, 0.25) is 0 Å². The van der Waals surface area contributed by atoms with Crippen LogP contribution < -0.4 is 5.32 Å².